The molecule has 0 radical (unpaired) electrons. The maximum Gasteiger partial charge on any atom is 0.354 e. The zero-order chi connectivity index (χ0) is 20.4. The number of esters is 2. The highest BCUT2D eigenvalue weighted by atomic mass is 127. The highest BCUT2D eigenvalue weighted by molar-refractivity contribution is 14.2. The van der Waals surface area contributed by atoms with Gasteiger partial charge in [0.15, 0.2) is 3.51 Å². The largest absolute Gasteiger partial charge is 0.488 e. The molecule has 1 heterocycles. The summed E-state index contributed by atoms with van der Waals surface area (Å²) in [6.07, 6.45) is 0. The molecule has 1 fully saturated rings. The van der Waals surface area contributed by atoms with Gasteiger partial charge < -0.3 is 14.2 Å². The molecule has 28 heavy (non-hydrogen) atoms. The van der Waals surface area contributed by atoms with Crippen LogP contribution in [0.1, 0.15) is 33.3 Å². The summed E-state index contributed by atoms with van der Waals surface area (Å²) in [5.41, 5.74) is 0.513. The molecule has 1 aliphatic rings. The predicted octanol–water partition coefficient (Wildman–Crippen LogP) is 4.44. The van der Waals surface area contributed by atoms with Gasteiger partial charge in [-0.2, -0.15) is 0 Å². The Kier molecular flexibility index (Phi) is 5.88. The molecule has 0 saturated carbocycles. The first-order chi connectivity index (χ1) is 13.2. The van der Waals surface area contributed by atoms with E-state index in [4.69, 9.17) is 14.2 Å². The van der Waals surface area contributed by atoms with E-state index in [1.165, 1.54) is 0 Å². The van der Waals surface area contributed by atoms with E-state index in [9.17, 15) is 9.59 Å². The highest BCUT2D eigenvalue weighted by Gasteiger charge is 2.50. The summed E-state index contributed by atoms with van der Waals surface area (Å²) in [5.74, 6) is -1.81. The molecular formula is C22H23IO5. The molecule has 0 spiro atoms. The molecule has 3 rings (SSSR count). The maximum atomic E-state index is 12.6. The molecule has 2 aromatic rings. The van der Waals surface area contributed by atoms with Crippen LogP contribution in [-0.2, 0) is 25.7 Å². The molecule has 6 heteroatoms. The van der Waals surface area contributed by atoms with Crippen molar-refractivity contribution in [2.75, 3.05) is 0 Å². The second kappa shape index (κ2) is 8.03. The predicted molar refractivity (Wildman–Crippen MR) is 115 cm³/mol. The Morgan fingerprint density at radius 2 is 1.50 bits per heavy atom. The number of benzene rings is 2. The summed E-state index contributed by atoms with van der Waals surface area (Å²) in [4.78, 5) is 25.2. The lowest BCUT2D eigenvalue weighted by Gasteiger charge is -2.42. The first-order valence-electron chi connectivity index (χ1n) is 8.94. The fourth-order valence-corrected chi connectivity index (χ4v) is 4.64. The quantitative estimate of drug-likeness (QED) is 0.465. The van der Waals surface area contributed by atoms with Gasteiger partial charge in [0.25, 0.3) is 5.79 Å². The van der Waals surface area contributed by atoms with Gasteiger partial charge in [-0.05, 0) is 17.7 Å². The number of ether oxygens (including phenoxy) is 3. The smallest absolute Gasteiger partial charge is 0.354 e. The molecule has 0 amide bonds. The second-order valence-electron chi connectivity index (χ2n) is 7.59. The lowest BCUT2D eigenvalue weighted by atomic mass is 9.86. The van der Waals surface area contributed by atoms with Crippen LogP contribution in [0.25, 0.3) is 0 Å². The van der Waals surface area contributed by atoms with E-state index in [-0.39, 0.29) is 3.51 Å². The Morgan fingerprint density at radius 1 is 0.929 bits per heavy atom. The third-order valence-corrected chi connectivity index (χ3v) is 7.46. The summed E-state index contributed by atoms with van der Waals surface area (Å²) >= 11 is -1.12. The van der Waals surface area contributed by atoms with Gasteiger partial charge in [-0.15, -0.1) is 0 Å². The van der Waals surface area contributed by atoms with Crippen LogP contribution in [0.4, 0.5) is 0 Å². The minimum absolute atomic E-state index is 0.0799. The van der Waals surface area contributed by atoms with Crippen LogP contribution in [0.15, 0.2) is 54.6 Å². The Labute approximate surface area is 174 Å². The molecule has 0 bridgehead atoms. The van der Waals surface area contributed by atoms with Crippen LogP contribution in [0.2, 0.25) is 0 Å². The SMILES string of the molecule is CC(C)(C)C1(C)OC(=O)C(=Ic2ccccc2OCc2ccccc2)C(=O)O1. The van der Waals surface area contributed by atoms with Crippen molar-refractivity contribution in [2.24, 2.45) is 5.41 Å². The molecular weight excluding hydrogens is 471 g/mol. The first kappa shape index (κ1) is 20.5. The number of para-hydroxylation sites is 1. The maximum absolute atomic E-state index is 12.6. The number of hydrogen-bond donors (Lipinski definition) is 0. The van der Waals surface area contributed by atoms with Gasteiger partial charge in [0.1, 0.15) is 12.4 Å². The zero-order valence-corrected chi connectivity index (χ0v) is 18.5. The van der Waals surface area contributed by atoms with Crippen LogP contribution in [0.5, 0.6) is 5.75 Å². The van der Waals surface area contributed by atoms with Gasteiger partial charge in [-0.1, -0.05) is 84.0 Å². The standard InChI is InChI=1S/C22H23IO5/c1-21(2,3)22(4)27-19(24)18(20(25)28-22)23-16-12-8-9-13-17(16)26-14-15-10-6-5-7-11-15/h5-13H,14H2,1-4H3. The van der Waals surface area contributed by atoms with Crippen molar-refractivity contribution < 1.29 is 23.8 Å². The van der Waals surface area contributed by atoms with Gasteiger partial charge >= 0.3 is 11.9 Å². The Bertz CT molecular complexity index is 892. The van der Waals surface area contributed by atoms with Crippen LogP contribution in [0.3, 0.4) is 0 Å². The Balaban J connectivity index is 1.84. The number of halogens is 1. The Hall–Kier alpha value is -2.22. The third kappa shape index (κ3) is 4.43. The summed E-state index contributed by atoms with van der Waals surface area (Å²) < 4.78 is 17.9. The molecule has 0 aromatic heterocycles. The molecule has 148 valence electrons. The summed E-state index contributed by atoms with van der Waals surface area (Å²) in [5, 5.41) is 0. The number of cyclic esters (lactones) is 2. The van der Waals surface area contributed by atoms with Crippen molar-refractivity contribution in [3.63, 3.8) is 0 Å². The van der Waals surface area contributed by atoms with Crippen molar-refractivity contribution >= 4 is 36.2 Å². The molecule has 0 unspecified atom stereocenters. The summed E-state index contributed by atoms with van der Waals surface area (Å²) in [7, 11) is 0. The minimum Gasteiger partial charge on any atom is -0.488 e. The van der Waals surface area contributed by atoms with Gasteiger partial charge in [0, 0.05) is 12.3 Å². The fourth-order valence-electron chi connectivity index (χ4n) is 2.41. The number of carbonyl (C=O) groups is 2. The van der Waals surface area contributed by atoms with Crippen molar-refractivity contribution in [1.82, 2.24) is 0 Å². The van der Waals surface area contributed by atoms with Crippen LogP contribution in [-0.4, -0.2) is 21.2 Å². The third-order valence-electron chi connectivity index (χ3n) is 4.57. The van der Waals surface area contributed by atoms with E-state index >= 15 is 0 Å². The lowest BCUT2D eigenvalue weighted by molar-refractivity contribution is -0.254. The first-order valence-corrected chi connectivity index (χ1v) is 11.1. The van der Waals surface area contributed by atoms with E-state index in [1.54, 1.807) is 6.92 Å². The number of rotatable bonds is 4. The van der Waals surface area contributed by atoms with E-state index < -0.39 is 43.9 Å². The topological polar surface area (TPSA) is 61.8 Å². The van der Waals surface area contributed by atoms with Crippen molar-refractivity contribution in [1.29, 1.82) is 0 Å². The van der Waals surface area contributed by atoms with Crippen LogP contribution >= 0.6 is 20.7 Å². The number of carbonyl (C=O) groups excluding carboxylic acids is 2. The van der Waals surface area contributed by atoms with Gasteiger partial charge in [0.05, 0.1) is 3.57 Å². The van der Waals surface area contributed by atoms with Crippen LogP contribution < -0.4 is 4.74 Å². The van der Waals surface area contributed by atoms with E-state index in [1.807, 2.05) is 75.4 Å². The molecule has 1 saturated heterocycles. The summed E-state index contributed by atoms with van der Waals surface area (Å²) in [6, 6.07) is 17.3. The summed E-state index contributed by atoms with van der Waals surface area (Å²) in [6.45, 7) is 7.61. The molecule has 2 aromatic carbocycles. The van der Waals surface area contributed by atoms with Crippen LogP contribution in [0, 0.1) is 8.99 Å². The molecule has 5 nitrogen and oxygen atoms in total. The average Bonchev–Trinajstić information content (AvgIpc) is 2.64. The molecule has 0 N–H and O–H groups in total. The van der Waals surface area contributed by atoms with Crippen molar-refractivity contribution in [3.8, 4) is 5.75 Å². The van der Waals surface area contributed by atoms with E-state index in [2.05, 4.69) is 0 Å². The Morgan fingerprint density at radius 3 is 2.11 bits per heavy atom. The molecule has 1 aliphatic heterocycles. The highest BCUT2D eigenvalue weighted by Crippen LogP contribution is 2.38. The normalized spacial score (nSPS) is 19.8. The average molecular weight is 494 g/mol. The second-order valence-corrected chi connectivity index (χ2v) is 10.4. The van der Waals surface area contributed by atoms with Gasteiger partial charge in [-0.3, -0.25) is 0 Å². The zero-order valence-electron chi connectivity index (χ0n) is 16.3. The van der Waals surface area contributed by atoms with E-state index in [0.29, 0.717) is 12.4 Å². The lowest BCUT2D eigenvalue weighted by Crippen LogP contribution is -2.54. The van der Waals surface area contributed by atoms with Gasteiger partial charge in [0.2, 0.25) is 0 Å². The fraction of sp³-hybridized carbons (Fsp3) is 0.318. The molecule has 0 aliphatic carbocycles. The van der Waals surface area contributed by atoms with Crippen molar-refractivity contribution in [3.05, 3.63) is 63.7 Å². The van der Waals surface area contributed by atoms with Gasteiger partial charge in [-0.25, -0.2) is 9.59 Å². The van der Waals surface area contributed by atoms with Crippen molar-refractivity contribution in [2.45, 2.75) is 40.1 Å². The molecule has 0 atom stereocenters. The monoisotopic (exact) mass is 494 g/mol. The number of hydrogen-bond acceptors (Lipinski definition) is 5. The van der Waals surface area contributed by atoms with E-state index in [0.717, 1.165) is 9.13 Å². The minimum atomic E-state index is -1.28.